The summed E-state index contributed by atoms with van der Waals surface area (Å²) in [5.74, 6) is 0.0435. The third-order valence-electron chi connectivity index (χ3n) is 3.93. The highest BCUT2D eigenvalue weighted by atomic mass is 79.9. The molecule has 0 bridgehead atoms. The Morgan fingerprint density at radius 1 is 1.57 bits per heavy atom. The van der Waals surface area contributed by atoms with Gasteiger partial charge in [0.2, 0.25) is 5.91 Å². The first-order chi connectivity index (χ1) is 9.90. The second kappa shape index (κ2) is 6.60. The van der Waals surface area contributed by atoms with Gasteiger partial charge in [-0.2, -0.15) is 5.10 Å². The van der Waals surface area contributed by atoms with Gasteiger partial charge in [0.15, 0.2) is 0 Å². The van der Waals surface area contributed by atoms with Gasteiger partial charge in [-0.1, -0.05) is 20.3 Å². The number of rotatable bonds is 6. The van der Waals surface area contributed by atoms with Crippen molar-refractivity contribution in [1.29, 1.82) is 0 Å². The lowest BCUT2D eigenvalue weighted by molar-refractivity contribution is -0.119. The van der Waals surface area contributed by atoms with E-state index in [-0.39, 0.29) is 11.5 Å². The number of hydrogen-bond donors (Lipinski definition) is 2. The van der Waals surface area contributed by atoms with E-state index in [9.17, 15) is 9.59 Å². The monoisotopic (exact) mass is 356 g/mol. The van der Waals surface area contributed by atoms with E-state index in [0.717, 1.165) is 12.8 Å². The zero-order valence-electron chi connectivity index (χ0n) is 12.3. The van der Waals surface area contributed by atoms with Crippen LogP contribution >= 0.6 is 15.9 Å². The molecule has 1 fully saturated rings. The molecule has 7 heteroatoms. The average molecular weight is 357 g/mol. The average Bonchev–Trinajstić information content (AvgIpc) is 2.34. The Hall–Kier alpha value is -1.37. The maximum Gasteiger partial charge on any atom is 0.291 e. The van der Waals surface area contributed by atoms with Gasteiger partial charge in [-0.3, -0.25) is 9.59 Å². The van der Waals surface area contributed by atoms with E-state index in [2.05, 4.69) is 26.3 Å². The topological polar surface area (TPSA) is 90.0 Å². The first-order valence-corrected chi connectivity index (χ1v) is 8.01. The molecule has 1 aliphatic carbocycles. The van der Waals surface area contributed by atoms with Gasteiger partial charge in [0.05, 0.1) is 10.7 Å². The van der Waals surface area contributed by atoms with Crippen LogP contribution in [0.1, 0.15) is 33.1 Å². The molecule has 1 heterocycles. The van der Waals surface area contributed by atoms with E-state index < -0.39 is 11.9 Å². The molecule has 21 heavy (non-hydrogen) atoms. The van der Waals surface area contributed by atoms with E-state index in [1.54, 1.807) is 6.20 Å². The highest BCUT2D eigenvalue weighted by molar-refractivity contribution is 9.10. The van der Waals surface area contributed by atoms with Crippen molar-refractivity contribution in [1.82, 2.24) is 9.78 Å². The zero-order chi connectivity index (χ0) is 15.6. The maximum atomic E-state index is 12.5. The highest BCUT2D eigenvalue weighted by Crippen LogP contribution is 2.27. The minimum atomic E-state index is -0.589. The van der Waals surface area contributed by atoms with E-state index in [4.69, 9.17) is 5.73 Å². The second-order valence-electron chi connectivity index (χ2n) is 5.92. The summed E-state index contributed by atoms with van der Waals surface area (Å²) >= 11 is 3.31. The van der Waals surface area contributed by atoms with Gasteiger partial charge in [-0.05, 0) is 40.6 Å². The summed E-state index contributed by atoms with van der Waals surface area (Å²) < 4.78 is 2.01. The van der Waals surface area contributed by atoms with Crippen LogP contribution in [0.2, 0.25) is 0 Å². The fraction of sp³-hybridized carbons (Fsp3) is 0.643. The molecule has 1 amide bonds. The molecule has 0 radical (unpaired) electrons. The standard InChI is InChI=1S/C14H21BrN4O2/c1-8(2)11(13(16)20)18-12-10(15)6-17-19(14(12)21)7-9-4-3-5-9/h6,8-9,11,18H,3-5,7H2,1-2H3,(H2,16,20). The normalized spacial score (nSPS) is 16.6. The van der Waals surface area contributed by atoms with Crippen molar-refractivity contribution < 1.29 is 4.79 Å². The molecule has 0 spiro atoms. The molecule has 1 aromatic heterocycles. The quantitative estimate of drug-likeness (QED) is 0.811. The Bertz CT molecular complexity index is 581. The second-order valence-corrected chi connectivity index (χ2v) is 6.77. The summed E-state index contributed by atoms with van der Waals surface area (Å²) in [4.78, 5) is 24.0. The van der Waals surface area contributed by atoms with Gasteiger partial charge in [0.1, 0.15) is 11.7 Å². The lowest BCUT2D eigenvalue weighted by atomic mass is 9.85. The molecule has 1 aliphatic rings. The third-order valence-corrected chi connectivity index (χ3v) is 4.53. The number of carbonyl (C=O) groups is 1. The van der Waals surface area contributed by atoms with E-state index >= 15 is 0 Å². The molecule has 1 unspecified atom stereocenters. The van der Waals surface area contributed by atoms with Crippen molar-refractivity contribution in [3.8, 4) is 0 Å². The van der Waals surface area contributed by atoms with Crippen LogP contribution in [0.15, 0.2) is 15.5 Å². The molecule has 0 aliphatic heterocycles. The number of nitrogens with zero attached hydrogens (tertiary/aromatic N) is 2. The first-order valence-electron chi connectivity index (χ1n) is 7.21. The van der Waals surface area contributed by atoms with Gasteiger partial charge >= 0.3 is 0 Å². The number of anilines is 1. The number of carbonyl (C=O) groups excluding carboxylic acids is 1. The van der Waals surface area contributed by atoms with Crippen molar-refractivity contribution in [2.45, 2.75) is 45.7 Å². The molecular weight excluding hydrogens is 336 g/mol. The lowest BCUT2D eigenvalue weighted by Crippen LogP contribution is -2.42. The number of aromatic nitrogens is 2. The van der Waals surface area contributed by atoms with Crippen LogP contribution in [0.5, 0.6) is 0 Å². The summed E-state index contributed by atoms with van der Waals surface area (Å²) in [7, 11) is 0. The molecular formula is C14H21BrN4O2. The lowest BCUT2D eigenvalue weighted by Gasteiger charge is -2.26. The summed E-state index contributed by atoms with van der Waals surface area (Å²) in [6.07, 6.45) is 5.09. The predicted molar refractivity (Wildman–Crippen MR) is 85.0 cm³/mol. The molecule has 1 saturated carbocycles. The number of hydrogen-bond acceptors (Lipinski definition) is 4. The summed E-state index contributed by atoms with van der Waals surface area (Å²) in [6, 6.07) is -0.589. The largest absolute Gasteiger partial charge is 0.368 e. The number of amides is 1. The summed E-state index contributed by atoms with van der Waals surface area (Å²) in [5, 5.41) is 7.13. The number of nitrogens with one attached hydrogen (secondary N) is 1. The van der Waals surface area contributed by atoms with Crippen molar-refractivity contribution in [3.63, 3.8) is 0 Å². The Morgan fingerprint density at radius 3 is 2.71 bits per heavy atom. The minimum absolute atomic E-state index is 0.0120. The Balaban J connectivity index is 2.26. The molecule has 2 rings (SSSR count). The molecule has 6 nitrogen and oxygen atoms in total. The van der Waals surface area contributed by atoms with Crippen LogP contribution in [0.25, 0.3) is 0 Å². The molecule has 3 N–H and O–H groups in total. The summed E-state index contributed by atoms with van der Waals surface area (Å²) in [5.41, 5.74) is 5.52. The maximum absolute atomic E-state index is 12.5. The van der Waals surface area contributed by atoms with E-state index in [1.165, 1.54) is 11.1 Å². The number of nitrogens with two attached hydrogens (primary N) is 1. The van der Waals surface area contributed by atoms with Crippen LogP contribution in [-0.2, 0) is 11.3 Å². The SMILES string of the molecule is CC(C)C(Nc1c(Br)cnn(CC2CCC2)c1=O)C(N)=O. The van der Waals surface area contributed by atoms with Crippen molar-refractivity contribution in [2.75, 3.05) is 5.32 Å². The van der Waals surface area contributed by atoms with Crippen molar-refractivity contribution in [3.05, 3.63) is 21.0 Å². The van der Waals surface area contributed by atoms with Gasteiger partial charge in [-0.15, -0.1) is 0 Å². The van der Waals surface area contributed by atoms with Crippen LogP contribution in [-0.4, -0.2) is 21.7 Å². The predicted octanol–water partition coefficient (Wildman–Crippen LogP) is 1.73. The Morgan fingerprint density at radius 2 is 2.24 bits per heavy atom. The molecule has 1 aromatic rings. The smallest absolute Gasteiger partial charge is 0.291 e. The van der Waals surface area contributed by atoms with E-state index in [1.807, 2.05) is 13.8 Å². The molecule has 0 saturated heterocycles. The highest BCUT2D eigenvalue weighted by Gasteiger charge is 2.24. The third kappa shape index (κ3) is 3.64. The fourth-order valence-corrected chi connectivity index (χ4v) is 2.75. The van der Waals surface area contributed by atoms with Crippen LogP contribution < -0.4 is 16.6 Å². The first kappa shape index (κ1) is 16.0. The van der Waals surface area contributed by atoms with Crippen LogP contribution in [0, 0.1) is 11.8 Å². The van der Waals surface area contributed by atoms with Crippen molar-refractivity contribution in [2.24, 2.45) is 17.6 Å². The Kier molecular flexibility index (Phi) is 5.03. The van der Waals surface area contributed by atoms with Gasteiger partial charge < -0.3 is 11.1 Å². The minimum Gasteiger partial charge on any atom is -0.368 e. The zero-order valence-corrected chi connectivity index (χ0v) is 13.9. The van der Waals surface area contributed by atoms with Crippen LogP contribution in [0.3, 0.4) is 0 Å². The molecule has 0 aromatic carbocycles. The van der Waals surface area contributed by atoms with Crippen molar-refractivity contribution >= 4 is 27.5 Å². The fourth-order valence-electron chi connectivity index (χ4n) is 2.37. The molecule has 116 valence electrons. The van der Waals surface area contributed by atoms with Gasteiger partial charge in [-0.25, -0.2) is 4.68 Å². The Labute approximate surface area is 132 Å². The van der Waals surface area contributed by atoms with Gasteiger partial charge in [0, 0.05) is 6.54 Å². The van der Waals surface area contributed by atoms with Crippen LogP contribution in [0.4, 0.5) is 5.69 Å². The molecule has 1 atom stereocenters. The van der Waals surface area contributed by atoms with Gasteiger partial charge in [0.25, 0.3) is 5.56 Å². The number of halogens is 1. The summed E-state index contributed by atoms with van der Waals surface area (Å²) in [6.45, 7) is 4.39. The van der Waals surface area contributed by atoms with E-state index in [0.29, 0.717) is 22.6 Å². The number of primary amides is 1.